The van der Waals surface area contributed by atoms with Gasteiger partial charge < -0.3 is 89.9 Å². The van der Waals surface area contributed by atoms with Crippen LogP contribution < -0.4 is 5.32 Å². The van der Waals surface area contributed by atoms with Gasteiger partial charge in [0.15, 0.2) is 18.9 Å². The Morgan fingerprint density at radius 1 is 0.444 bits per heavy atom. The average Bonchev–Trinajstić information content (AvgIpc) is 3.51. The summed E-state index contributed by atoms with van der Waals surface area (Å²) in [6.45, 7) is 1.68. The van der Waals surface area contributed by atoms with E-state index >= 15 is 0 Å². The highest BCUT2D eigenvalue weighted by atomic mass is 16.8. The van der Waals surface area contributed by atoms with Crippen LogP contribution in [0.3, 0.4) is 0 Å². The smallest absolute Gasteiger partial charge is 0.220 e. The van der Waals surface area contributed by atoms with Gasteiger partial charge in [0.2, 0.25) is 5.91 Å². The van der Waals surface area contributed by atoms with Gasteiger partial charge in [-0.2, -0.15) is 0 Å². The van der Waals surface area contributed by atoms with Crippen LogP contribution in [0.15, 0.2) is 48.6 Å². The van der Waals surface area contributed by atoms with Crippen LogP contribution in [0.25, 0.3) is 0 Å². The van der Waals surface area contributed by atoms with Crippen molar-refractivity contribution < 1.29 is 89.4 Å². The summed E-state index contributed by atoms with van der Waals surface area (Å²) in [5.41, 5.74) is 0. The van der Waals surface area contributed by atoms with Crippen LogP contribution in [0.5, 0.6) is 0 Å². The summed E-state index contributed by atoms with van der Waals surface area (Å²) >= 11 is 0. The SMILES string of the molecule is CCCCC/C=C\C/C=C\C/C=C\CCCCCCCCC(=O)NC(COC1OC(CO)C(OC2OC(CO)C(OC3OC(CO)C(O)C(O)C3O)C(O)C2O)C(O)C1O)C(O)/C=C/CCCCCCCCCCCCCCCCC. The third-order valence-corrected chi connectivity index (χ3v) is 15.6. The summed E-state index contributed by atoms with van der Waals surface area (Å²) in [5, 5.41) is 120. The number of carbonyl (C=O) groups is 1. The lowest BCUT2D eigenvalue weighted by atomic mass is 9.96. The van der Waals surface area contributed by atoms with E-state index in [2.05, 4.69) is 55.6 Å². The zero-order chi connectivity index (χ0) is 59.0. The third-order valence-electron chi connectivity index (χ3n) is 15.6. The number of rotatable bonds is 46. The number of allylic oxidation sites excluding steroid dienone is 7. The summed E-state index contributed by atoms with van der Waals surface area (Å²) in [6.07, 6.45) is 23.6. The zero-order valence-corrected chi connectivity index (χ0v) is 49.3. The highest BCUT2D eigenvalue weighted by molar-refractivity contribution is 5.76. The van der Waals surface area contributed by atoms with Gasteiger partial charge in [-0.1, -0.05) is 191 Å². The topological polar surface area (TPSA) is 307 Å². The van der Waals surface area contributed by atoms with E-state index in [0.717, 1.165) is 83.5 Å². The van der Waals surface area contributed by atoms with E-state index in [1.807, 2.05) is 6.08 Å². The van der Waals surface area contributed by atoms with E-state index in [9.17, 15) is 61.0 Å². The van der Waals surface area contributed by atoms with Crippen LogP contribution in [-0.4, -0.2) is 193 Å². The van der Waals surface area contributed by atoms with E-state index in [4.69, 9.17) is 28.4 Å². The number of hydrogen-bond donors (Lipinski definition) is 12. The molecule has 0 bridgehead atoms. The Labute approximate surface area is 484 Å². The van der Waals surface area contributed by atoms with Crippen molar-refractivity contribution in [3.63, 3.8) is 0 Å². The molecule has 3 heterocycles. The number of aliphatic hydroxyl groups excluding tert-OH is 11. The third kappa shape index (κ3) is 28.7. The Morgan fingerprint density at radius 2 is 0.815 bits per heavy atom. The summed E-state index contributed by atoms with van der Waals surface area (Å²) < 4.78 is 34.3. The molecule has 0 radical (unpaired) electrons. The predicted octanol–water partition coefficient (Wildman–Crippen LogP) is 6.26. The fourth-order valence-corrected chi connectivity index (χ4v) is 10.4. The van der Waals surface area contributed by atoms with Gasteiger partial charge in [-0.25, -0.2) is 0 Å². The lowest BCUT2D eigenvalue weighted by Gasteiger charge is -2.48. The first-order chi connectivity index (χ1) is 39.3. The number of aliphatic hydroxyl groups is 11. The van der Waals surface area contributed by atoms with Crippen molar-refractivity contribution in [2.75, 3.05) is 26.4 Å². The molecule has 12 N–H and O–H groups in total. The van der Waals surface area contributed by atoms with Crippen molar-refractivity contribution in [1.82, 2.24) is 5.32 Å². The fraction of sp³-hybridized carbons (Fsp3) is 0.855. The van der Waals surface area contributed by atoms with E-state index < -0.39 is 124 Å². The Balaban J connectivity index is 1.50. The maximum absolute atomic E-state index is 13.3. The van der Waals surface area contributed by atoms with Crippen LogP contribution in [0.1, 0.15) is 206 Å². The number of unbranched alkanes of at least 4 members (excludes halogenated alkanes) is 24. The number of nitrogens with one attached hydrogen (secondary N) is 1. The molecule has 472 valence electrons. The average molecular weight is 1160 g/mol. The summed E-state index contributed by atoms with van der Waals surface area (Å²) in [4.78, 5) is 13.3. The van der Waals surface area contributed by atoms with Gasteiger partial charge in [0.25, 0.3) is 0 Å². The number of carbonyl (C=O) groups excluding carboxylic acids is 1. The van der Waals surface area contributed by atoms with Gasteiger partial charge in [-0.3, -0.25) is 4.79 Å². The molecule has 17 unspecified atom stereocenters. The molecule has 19 heteroatoms. The van der Waals surface area contributed by atoms with Gasteiger partial charge >= 0.3 is 0 Å². The minimum Gasteiger partial charge on any atom is -0.394 e. The first-order valence-corrected chi connectivity index (χ1v) is 31.4. The second-order valence-corrected chi connectivity index (χ2v) is 22.5. The van der Waals surface area contributed by atoms with Crippen LogP contribution in [0, 0.1) is 0 Å². The van der Waals surface area contributed by atoms with E-state index in [1.54, 1.807) is 6.08 Å². The quantitative estimate of drug-likeness (QED) is 0.0236. The largest absolute Gasteiger partial charge is 0.394 e. The molecule has 19 nitrogen and oxygen atoms in total. The van der Waals surface area contributed by atoms with Gasteiger partial charge in [-0.05, 0) is 57.8 Å². The Bertz CT molecular complexity index is 1670. The maximum Gasteiger partial charge on any atom is 0.220 e. The molecule has 3 aliphatic rings. The van der Waals surface area contributed by atoms with Gasteiger partial charge in [-0.15, -0.1) is 0 Å². The molecule has 0 spiro atoms. The molecule has 0 aromatic heterocycles. The van der Waals surface area contributed by atoms with Crippen molar-refractivity contribution in [3.8, 4) is 0 Å². The normalized spacial score (nSPS) is 30.1. The summed E-state index contributed by atoms with van der Waals surface area (Å²) in [7, 11) is 0. The molecule has 1 amide bonds. The molecule has 17 atom stereocenters. The Morgan fingerprint density at radius 3 is 1.30 bits per heavy atom. The van der Waals surface area contributed by atoms with E-state index in [0.29, 0.717) is 6.42 Å². The van der Waals surface area contributed by atoms with Crippen molar-refractivity contribution in [1.29, 1.82) is 0 Å². The Hall–Kier alpha value is -2.25. The lowest BCUT2D eigenvalue weighted by molar-refractivity contribution is -0.379. The molecule has 3 rings (SSSR count). The second-order valence-electron chi connectivity index (χ2n) is 22.5. The minimum absolute atomic E-state index is 0.228. The van der Waals surface area contributed by atoms with Crippen LogP contribution in [-0.2, 0) is 33.2 Å². The predicted molar refractivity (Wildman–Crippen MR) is 309 cm³/mol. The van der Waals surface area contributed by atoms with Crippen molar-refractivity contribution >= 4 is 5.91 Å². The minimum atomic E-state index is -1.98. The maximum atomic E-state index is 13.3. The molecule has 0 aromatic rings. The number of amides is 1. The fourth-order valence-electron chi connectivity index (χ4n) is 10.4. The van der Waals surface area contributed by atoms with Gasteiger partial charge in [0.05, 0.1) is 38.6 Å². The molecule has 81 heavy (non-hydrogen) atoms. The van der Waals surface area contributed by atoms with Crippen LogP contribution in [0.4, 0.5) is 0 Å². The molecule has 3 saturated heterocycles. The van der Waals surface area contributed by atoms with E-state index in [-0.39, 0.29) is 18.9 Å². The number of hydrogen-bond acceptors (Lipinski definition) is 18. The monoisotopic (exact) mass is 1160 g/mol. The molecule has 3 fully saturated rings. The molecule has 3 aliphatic heterocycles. The van der Waals surface area contributed by atoms with E-state index in [1.165, 1.54) is 96.3 Å². The lowest BCUT2D eigenvalue weighted by Crippen LogP contribution is -2.66. The second kappa shape index (κ2) is 45.1. The standard InChI is InChI=1S/C62H111NO18/c1-3-5-7-9-11-13-15-17-19-21-22-24-26-28-30-32-34-36-38-40-50(68)63-45(46(67)39-37-35-33-31-29-27-25-23-20-18-16-14-12-10-8-6-4-2)44-76-60-56(74)53(71)58(48(42-65)78-60)81-62-57(75)54(72)59(49(43-66)79-62)80-61-55(73)52(70)51(69)47(41-64)77-61/h11,13,17,19,22,24,37,39,45-49,51-62,64-67,69-75H,3-10,12,14-16,18,20-21,23,25-36,38,40-44H2,1-2H3,(H,63,68)/b13-11-,19-17-,24-22-,39-37+. The van der Waals surface area contributed by atoms with Crippen molar-refractivity contribution in [3.05, 3.63) is 48.6 Å². The van der Waals surface area contributed by atoms with Crippen molar-refractivity contribution in [2.24, 2.45) is 0 Å². The first-order valence-electron chi connectivity index (χ1n) is 31.4. The van der Waals surface area contributed by atoms with Crippen LogP contribution >= 0.6 is 0 Å². The van der Waals surface area contributed by atoms with Gasteiger partial charge in [0.1, 0.15) is 73.2 Å². The summed E-state index contributed by atoms with van der Waals surface area (Å²) in [5.74, 6) is -0.289. The highest BCUT2D eigenvalue weighted by Gasteiger charge is 2.53. The molecule has 0 aromatic carbocycles. The van der Waals surface area contributed by atoms with Crippen molar-refractivity contribution in [2.45, 2.75) is 311 Å². The molecule has 0 saturated carbocycles. The molecular weight excluding hydrogens is 1050 g/mol. The molecular formula is C62H111NO18. The first kappa shape index (κ1) is 73.0. The van der Waals surface area contributed by atoms with Crippen LogP contribution in [0.2, 0.25) is 0 Å². The Kier molecular flexibility index (Phi) is 40.7. The molecule has 0 aliphatic carbocycles. The van der Waals surface area contributed by atoms with Gasteiger partial charge in [0, 0.05) is 6.42 Å². The summed E-state index contributed by atoms with van der Waals surface area (Å²) in [6, 6.07) is -0.981. The highest BCUT2D eigenvalue weighted by Crippen LogP contribution is 2.33. The number of ether oxygens (including phenoxy) is 6. The zero-order valence-electron chi connectivity index (χ0n) is 49.3.